The van der Waals surface area contributed by atoms with E-state index in [1.165, 1.54) is 0 Å². The van der Waals surface area contributed by atoms with Gasteiger partial charge in [0.15, 0.2) is 18.2 Å². The van der Waals surface area contributed by atoms with Crippen LogP contribution in [0, 0.1) is 5.92 Å². The maximum Gasteiger partial charge on any atom is 0.425 e. The van der Waals surface area contributed by atoms with E-state index in [2.05, 4.69) is 14.5 Å². The number of piperidine rings is 1. The van der Waals surface area contributed by atoms with E-state index in [-0.39, 0.29) is 4.90 Å². The Morgan fingerprint density at radius 3 is 1.47 bits per heavy atom. The highest BCUT2D eigenvalue weighted by atomic mass is 19.4. The zero-order valence-electron chi connectivity index (χ0n) is 16.6. The van der Waals surface area contributed by atoms with Gasteiger partial charge in [0.05, 0.1) is 19.1 Å². The van der Waals surface area contributed by atoms with Crippen molar-refractivity contribution in [3.05, 3.63) is 0 Å². The Morgan fingerprint density at radius 1 is 0.647 bits per heavy atom. The molecular weight excluding hydrogens is 520 g/mol. The third kappa shape index (κ3) is 6.34. The summed E-state index contributed by atoms with van der Waals surface area (Å²) >= 11 is 0. The lowest BCUT2D eigenvalue weighted by Gasteiger charge is -2.43. The molecular formula is C16H17F14NO3. The lowest BCUT2D eigenvalue weighted by molar-refractivity contribution is -0.412. The van der Waals surface area contributed by atoms with Crippen LogP contribution in [0.15, 0.2) is 0 Å². The van der Waals surface area contributed by atoms with Crippen molar-refractivity contribution in [2.24, 2.45) is 5.92 Å². The number of alkyl halides is 14. The molecule has 18 heteroatoms. The standard InChI is InChI=1S/C16H17F14NO3/c17-10(15(25,26)27)12(18,19)8-5-32-6-9(34-33-8)13(20,21)11(16(28,29)30)31-3-1-7(2-4-31)14(22,23)24/h7-11H,1-6H2. The normalized spacial score (nSPS) is 27.4. The van der Waals surface area contributed by atoms with Gasteiger partial charge in [-0.3, -0.25) is 4.90 Å². The van der Waals surface area contributed by atoms with Crippen LogP contribution in [0.5, 0.6) is 0 Å². The van der Waals surface area contributed by atoms with Gasteiger partial charge >= 0.3 is 30.4 Å². The van der Waals surface area contributed by atoms with Gasteiger partial charge in [0, 0.05) is 0 Å². The Labute approximate surface area is 182 Å². The van der Waals surface area contributed by atoms with Gasteiger partial charge in [0.2, 0.25) is 0 Å². The molecule has 0 aromatic carbocycles. The van der Waals surface area contributed by atoms with Crippen LogP contribution < -0.4 is 0 Å². The lowest BCUT2D eigenvalue weighted by Crippen LogP contribution is -2.63. The van der Waals surface area contributed by atoms with Gasteiger partial charge in [-0.25, -0.2) is 22.9 Å². The monoisotopic (exact) mass is 537 g/mol. The second kappa shape index (κ2) is 9.72. The Morgan fingerprint density at radius 2 is 1.09 bits per heavy atom. The van der Waals surface area contributed by atoms with Crippen LogP contribution in [0.3, 0.4) is 0 Å². The molecule has 2 fully saturated rings. The van der Waals surface area contributed by atoms with E-state index in [9.17, 15) is 61.5 Å². The first-order chi connectivity index (χ1) is 15.2. The first-order valence-electron chi connectivity index (χ1n) is 9.43. The number of nitrogens with zero attached hydrogens (tertiary/aromatic N) is 1. The van der Waals surface area contributed by atoms with Crippen molar-refractivity contribution < 1.29 is 76.0 Å². The molecule has 2 saturated heterocycles. The summed E-state index contributed by atoms with van der Waals surface area (Å²) in [5.74, 6) is -12.5. The summed E-state index contributed by atoms with van der Waals surface area (Å²) in [7, 11) is 0. The fraction of sp³-hybridized carbons (Fsp3) is 1.00. The minimum absolute atomic E-state index is 0.00379. The molecule has 0 aromatic rings. The van der Waals surface area contributed by atoms with E-state index in [4.69, 9.17) is 0 Å². The number of rotatable bonds is 5. The highest BCUT2D eigenvalue weighted by Gasteiger charge is 2.66. The molecule has 2 rings (SSSR count). The predicted molar refractivity (Wildman–Crippen MR) is 81.6 cm³/mol. The minimum atomic E-state index is -6.10. The second-order valence-electron chi connectivity index (χ2n) is 7.76. The molecule has 0 radical (unpaired) electrons. The van der Waals surface area contributed by atoms with Crippen molar-refractivity contribution in [2.45, 2.75) is 67.6 Å². The molecule has 0 bridgehead atoms. The van der Waals surface area contributed by atoms with Crippen molar-refractivity contribution in [3.63, 3.8) is 0 Å². The van der Waals surface area contributed by atoms with Crippen LogP contribution >= 0.6 is 0 Å². The van der Waals surface area contributed by atoms with Crippen LogP contribution in [-0.2, 0) is 14.5 Å². The van der Waals surface area contributed by atoms with Gasteiger partial charge in [0.1, 0.15) is 0 Å². The molecule has 0 aliphatic carbocycles. The van der Waals surface area contributed by atoms with Crippen LogP contribution in [0.4, 0.5) is 61.5 Å². The molecule has 0 aromatic heterocycles. The molecule has 2 aliphatic heterocycles. The number of likely N-dealkylation sites (tertiary alicyclic amines) is 1. The molecule has 0 saturated carbocycles. The van der Waals surface area contributed by atoms with Gasteiger partial charge in [-0.05, 0) is 25.9 Å². The Balaban J connectivity index is 2.19. The maximum atomic E-state index is 14.8. The molecule has 202 valence electrons. The van der Waals surface area contributed by atoms with Crippen LogP contribution in [-0.4, -0.2) is 86.0 Å². The summed E-state index contributed by atoms with van der Waals surface area (Å²) < 4.78 is 190. The fourth-order valence-corrected chi connectivity index (χ4v) is 3.53. The summed E-state index contributed by atoms with van der Waals surface area (Å²) in [5, 5.41) is 0. The maximum absolute atomic E-state index is 14.8. The molecule has 0 spiro atoms. The van der Waals surface area contributed by atoms with Crippen molar-refractivity contribution in [3.8, 4) is 0 Å². The van der Waals surface area contributed by atoms with Gasteiger partial charge in [-0.15, -0.1) is 0 Å². The van der Waals surface area contributed by atoms with E-state index in [1.54, 1.807) is 0 Å². The molecule has 0 N–H and O–H groups in total. The average molecular weight is 537 g/mol. The smallest absolute Gasteiger partial charge is 0.375 e. The third-order valence-corrected chi connectivity index (χ3v) is 5.34. The molecule has 4 unspecified atom stereocenters. The highest BCUT2D eigenvalue weighted by molar-refractivity contribution is 4.99. The third-order valence-electron chi connectivity index (χ3n) is 5.34. The number of halogens is 14. The summed E-state index contributed by atoms with van der Waals surface area (Å²) in [5.41, 5.74) is 0. The van der Waals surface area contributed by atoms with Crippen LogP contribution in [0.2, 0.25) is 0 Å². The van der Waals surface area contributed by atoms with E-state index in [0.29, 0.717) is 0 Å². The van der Waals surface area contributed by atoms with E-state index in [1.807, 2.05) is 0 Å². The summed E-state index contributed by atoms with van der Waals surface area (Å²) in [6.45, 7) is -5.36. The SMILES string of the molecule is FC(C(F)(F)F)C(F)(F)C1COCC(C(F)(F)C(N2CCC(C(F)(F)F)CC2)C(F)(F)F)OO1. The summed E-state index contributed by atoms with van der Waals surface area (Å²) in [6, 6.07) is -3.77. The largest absolute Gasteiger partial charge is 0.425 e. The fourth-order valence-electron chi connectivity index (χ4n) is 3.53. The quantitative estimate of drug-likeness (QED) is 0.362. The van der Waals surface area contributed by atoms with E-state index >= 15 is 0 Å². The second-order valence-corrected chi connectivity index (χ2v) is 7.76. The van der Waals surface area contributed by atoms with Crippen molar-refractivity contribution >= 4 is 0 Å². The van der Waals surface area contributed by atoms with Crippen LogP contribution in [0.1, 0.15) is 12.8 Å². The molecule has 4 nitrogen and oxygen atoms in total. The first-order valence-corrected chi connectivity index (χ1v) is 9.43. The zero-order valence-corrected chi connectivity index (χ0v) is 16.6. The molecule has 4 atom stereocenters. The predicted octanol–water partition coefficient (Wildman–Crippen LogP) is 5.08. The Bertz CT molecular complexity index is 671. The zero-order chi connectivity index (χ0) is 26.3. The topological polar surface area (TPSA) is 30.9 Å². The average Bonchev–Trinajstić information content (AvgIpc) is 2.92. The molecule has 34 heavy (non-hydrogen) atoms. The van der Waals surface area contributed by atoms with Crippen molar-refractivity contribution in [2.75, 3.05) is 26.3 Å². The Kier molecular flexibility index (Phi) is 8.32. The first kappa shape index (κ1) is 29.1. The molecule has 2 heterocycles. The lowest BCUT2D eigenvalue weighted by atomic mass is 9.93. The van der Waals surface area contributed by atoms with Gasteiger partial charge in [-0.2, -0.15) is 48.3 Å². The van der Waals surface area contributed by atoms with E-state index in [0.717, 1.165) is 0 Å². The van der Waals surface area contributed by atoms with Crippen molar-refractivity contribution in [1.29, 1.82) is 0 Å². The number of hydrogen-bond donors (Lipinski definition) is 0. The van der Waals surface area contributed by atoms with Gasteiger partial charge in [0.25, 0.3) is 6.17 Å². The minimum Gasteiger partial charge on any atom is -0.375 e. The van der Waals surface area contributed by atoms with Gasteiger partial charge < -0.3 is 4.74 Å². The number of ether oxygens (including phenoxy) is 1. The van der Waals surface area contributed by atoms with Crippen molar-refractivity contribution in [1.82, 2.24) is 4.90 Å². The summed E-state index contributed by atoms with van der Waals surface area (Å²) in [4.78, 5) is 7.65. The molecule has 2 aliphatic rings. The molecule has 0 amide bonds. The van der Waals surface area contributed by atoms with Gasteiger partial charge in [-0.1, -0.05) is 0 Å². The highest BCUT2D eigenvalue weighted by Crippen LogP contribution is 2.44. The Hall–Kier alpha value is -1.14. The van der Waals surface area contributed by atoms with E-state index < -0.39 is 99.9 Å². The number of hydrogen-bond acceptors (Lipinski definition) is 4. The van der Waals surface area contributed by atoms with Crippen LogP contribution in [0.25, 0.3) is 0 Å². The summed E-state index contributed by atoms with van der Waals surface area (Å²) in [6.07, 6.45) is -29.7.